The molecule has 0 amide bonds. The van der Waals surface area contributed by atoms with Crippen LogP contribution in [0.5, 0.6) is 0 Å². The van der Waals surface area contributed by atoms with Crippen LogP contribution in [0.15, 0.2) is 0 Å². The summed E-state index contributed by atoms with van der Waals surface area (Å²) in [5, 5.41) is 0. The van der Waals surface area contributed by atoms with Crippen LogP contribution in [0.2, 0.25) is 0 Å². The lowest BCUT2D eigenvalue weighted by molar-refractivity contribution is -0.154. The first-order valence-electron chi connectivity index (χ1n) is 3.22. The Balaban J connectivity index is 3.62. The smallest absolute Gasteiger partial charge is 0.467 e. The van der Waals surface area contributed by atoms with Crippen LogP contribution in [0.4, 0.5) is 13.2 Å². The Morgan fingerprint density at radius 3 is 2.36 bits per heavy atom. The molecule has 0 rings (SSSR count). The summed E-state index contributed by atoms with van der Waals surface area (Å²) in [6.07, 6.45) is -4.58. The molecule has 1 unspecified atom stereocenters. The van der Waals surface area contributed by atoms with Gasteiger partial charge in [0.25, 0.3) is 0 Å². The third kappa shape index (κ3) is 7.90. The van der Waals surface area contributed by atoms with Crippen molar-refractivity contribution in [3.05, 3.63) is 0 Å². The minimum Gasteiger partial charge on any atom is -0.467 e. The van der Waals surface area contributed by atoms with Crippen molar-refractivity contribution in [3.8, 4) is 0 Å². The van der Waals surface area contributed by atoms with Crippen LogP contribution in [-0.4, -0.2) is 32.5 Å². The van der Waals surface area contributed by atoms with Gasteiger partial charge in [-0.2, -0.15) is 13.2 Å². The molecule has 5 nitrogen and oxygen atoms in total. The molecule has 0 aromatic rings. The quantitative estimate of drug-likeness (QED) is 0.532. The second-order valence-electron chi connectivity index (χ2n) is 1.96. The van der Waals surface area contributed by atoms with Gasteiger partial charge in [-0.15, -0.1) is 9.05 Å². The highest BCUT2D eigenvalue weighted by atomic mass is 31.1. The van der Waals surface area contributed by atoms with Gasteiger partial charge in [-0.3, -0.25) is 0 Å². The maximum Gasteiger partial charge on any atom is 0.698 e. The second kappa shape index (κ2) is 5.90. The van der Waals surface area contributed by atoms with Gasteiger partial charge in [-0.1, -0.05) is 0 Å². The average Bonchev–Trinajstić information content (AvgIpc) is 2.09. The minimum atomic E-state index is -4.58. The zero-order valence-electron chi connectivity index (χ0n) is 7.04. The topological polar surface area (TPSA) is 61.8 Å². The van der Waals surface area contributed by atoms with Crippen molar-refractivity contribution in [2.75, 3.05) is 20.3 Å². The molecular formula is C5H7F3O5P+. The lowest BCUT2D eigenvalue weighted by Crippen LogP contribution is -2.15. The molecule has 0 spiro atoms. The van der Waals surface area contributed by atoms with E-state index in [0.717, 1.165) is 7.11 Å². The van der Waals surface area contributed by atoms with E-state index >= 15 is 0 Å². The summed E-state index contributed by atoms with van der Waals surface area (Å²) in [7, 11) is -1.90. The van der Waals surface area contributed by atoms with E-state index in [4.69, 9.17) is 0 Å². The first kappa shape index (κ1) is 13.3. The average molecular weight is 235 g/mol. The summed E-state index contributed by atoms with van der Waals surface area (Å²) in [4.78, 5) is 10.4. The summed E-state index contributed by atoms with van der Waals surface area (Å²) in [6, 6.07) is 0. The lowest BCUT2D eigenvalue weighted by Gasteiger charge is -1.98. The zero-order valence-corrected chi connectivity index (χ0v) is 7.93. The summed E-state index contributed by atoms with van der Waals surface area (Å²) >= 11 is 0. The molecule has 14 heavy (non-hydrogen) atoms. The van der Waals surface area contributed by atoms with E-state index in [1.165, 1.54) is 0 Å². The number of carbonyl (C=O) groups excluding carboxylic acids is 1. The molecule has 0 radical (unpaired) electrons. The van der Waals surface area contributed by atoms with E-state index in [1.807, 2.05) is 0 Å². The first-order chi connectivity index (χ1) is 6.35. The molecule has 0 N–H and O–H groups in total. The van der Waals surface area contributed by atoms with Crippen molar-refractivity contribution in [2.45, 2.75) is 6.18 Å². The summed E-state index contributed by atoms with van der Waals surface area (Å²) in [5.41, 5.74) is 0. The highest BCUT2D eigenvalue weighted by Crippen LogP contribution is 2.27. The molecule has 0 saturated carbocycles. The number of ether oxygens (including phenoxy) is 1. The Bertz CT molecular complexity index is 216. The monoisotopic (exact) mass is 235 g/mol. The molecular weight excluding hydrogens is 228 g/mol. The molecule has 82 valence electrons. The van der Waals surface area contributed by atoms with Crippen LogP contribution in [0.25, 0.3) is 0 Å². The van der Waals surface area contributed by atoms with Crippen molar-refractivity contribution >= 4 is 14.2 Å². The molecule has 0 aromatic carbocycles. The zero-order chi connectivity index (χ0) is 11.2. The van der Waals surface area contributed by atoms with Gasteiger partial charge in [-0.25, -0.2) is 4.79 Å². The Kier molecular flexibility index (Phi) is 5.59. The largest absolute Gasteiger partial charge is 0.698 e. The Hall–Kier alpha value is -0.720. The highest BCUT2D eigenvalue weighted by molar-refractivity contribution is 7.33. The normalized spacial score (nSPS) is 12.4. The minimum absolute atomic E-state index is 0.719. The number of hydrogen-bond acceptors (Lipinski definition) is 5. The van der Waals surface area contributed by atoms with Crippen LogP contribution in [0.1, 0.15) is 0 Å². The van der Waals surface area contributed by atoms with Gasteiger partial charge in [0.05, 0.1) is 7.11 Å². The van der Waals surface area contributed by atoms with Crippen molar-refractivity contribution in [3.63, 3.8) is 0 Å². The van der Waals surface area contributed by atoms with E-state index in [9.17, 15) is 22.5 Å². The molecule has 0 fully saturated rings. The molecule has 0 aromatic heterocycles. The Morgan fingerprint density at radius 2 is 1.93 bits per heavy atom. The van der Waals surface area contributed by atoms with Crippen LogP contribution in [0, 0.1) is 0 Å². The van der Waals surface area contributed by atoms with Crippen molar-refractivity contribution < 1.29 is 36.3 Å². The molecule has 0 aliphatic carbocycles. The van der Waals surface area contributed by atoms with E-state index in [-0.39, 0.29) is 0 Å². The second-order valence-corrected chi connectivity index (χ2v) is 2.93. The number of halogens is 3. The summed E-state index contributed by atoms with van der Waals surface area (Å²) < 4.78 is 56.9. The van der Waals surface area contributed by atoms with Gasteiger partial charge in [-0.05, 0) is 0 Å². The van der Waals surface area contributed by atoms with Crippen LogP contribution >= 0.6 is 8.25 Å². The van der Waals surface area contributed by atoms with Gasteiger partial charge < -0.3 is 4.74 Å². The van der Waals surface area contributed by atoms with E-state index in [0.29, 0.717) is 0 Å². The fraction of sp³-hybridized carbons (Fsp3) is 0.800. The number of alkyl halides is 3. The molecule has 0 aliphatic rings. The van der Waals surface area contributed by atoms with Gasteiger partial charge in [0.1, 0.15) is 0 Å². The molecule has 9 heteroatoms. The maximum atomic E-state index is 11.5. The summed E-state index contributed by atoms with van der Waals surface area (Å²) in [6.45, 7) is -2.41. The van der Waals surface area contributed by atoms with Crippen LogP contribution in [0.3, 0.4) is 0 Å². The lowest BCUT2D eigenvalue weighted by atomic mass is 10.7. The number of hydrogen-bond donors (Lipinski definition) is 0. The van der Waals surface area contributed by atoms with Gasteiger partial charge >= 0.3 is 20.4 Å². The third-order valence-corrected chi connectivity index (χ3v) is 1.53. The van der Waals surface area contributed by atoms with E-state index < -0.39 is 33.6 Å². The van der Waals surface area contributed by atoms with Crippen molar-refractivity contribution in [1.29, 1.82) is 0 Å². The van der Waals surface area contributed by atoms with Gasteiger partial charge in [0.2, 0.25) is 13.2 Å². The number of rotatable bonds is 5. The maximum absolute atomic E-state index is 11.5. The molecule has 0 bridgehead atoms. The van der Waals surface area contributed by atoms with E-state index in [1.54, 1.807) is 0 Å². The summed E-state index contributed by atoms with van der Waals surface area (Å²) in [5.74, 6) is -0.857. The van der Waals surface area contributed by atoms with Crippen molar-refractivity contribution in [1.82, 2.24) is 0 Å². The first-order valence-corrected chi connectivity index (χ1v) is 4.31. The SMILES string of the molecule is COC(=O)CO[P+](=O)OCC(F)(F)F. The molecule has 0 heterocycles. The predicted octanol–water partition coefficient (Wildman–Crippen LogP) is 1.41. The van der Waals surface area contributed by atoms with Gasteiger partial charge in [0, 0.05) is 4.57 Å². The van der Waals surface area contributed by atoms with Crippen molar-refractivity contribution in [2.24, 2.45) is 0 Å². The highest BCUT2D eigenvalue weighted by Gasteiger charge is 2.35. The number of carbonyl (C=O) groups is 1. The number of methoxy groups -OCH3 is 1. The fourth-order valence-corrected chi connectivity index (χ4v) is 0.865. The van der Waals surface area contributed by atoms with Gasteiger partial charge in [0.15, 0.2) is 0 Å². The van der Waals surface area contributed by atoms with Crippen LogP contribution < -0.4 is 0 Å². The Morgan fingerprint density at radius 1 is 1.36 bits per heavy atom. The van der Waals surface area contributed by atoms with Crippen LogP contribution in [-0.2, 0) is 23.1 Å². The molecule has 0 saturated heterocycles. The number of esters is 1. The molecule has 0 aliphatic heterocycles. The third-order valence-electron chi connectivity index (χ3n) is 0.849. The standard InChI is InChI=1S/C5H7F3O5P/c1-11-4(9)2-12-14(10)13-3-5(6,7)8/h2-3H2,1H3/q+1. The van der Waals surface area contributed by atoms with E-state index in [2.05, 4.69) is 13.8 Å². The Labute approximate surface area is 78.1 Å². The predicted molar refractivity (Wildman–Crippen MR) is 37.6 cm³/mol. The fourth-order valence-electron chi connectivity index (χ4n) is 0.327. The molecule has 1 atom stereocenters.